The zero-order valence-electron chi connectivity index (χ0n) is 11.7. The Morgan fingerprint density at radius 3 is 2.94 bits per heavy atom. The summed E-state index contributed by atoms with van der Waals surface area (Å²) in [4.78, 5) is 2.59. The van der Waals surface area contributed by atoms with Gasteiger partial charge in [0.1, 0.15) is 0 Å². The average Bonchev–Trinajstić information content (AvgIpc) is 2.39. The number of hydrogen-bond acceptors (Lipinski definition) is 3. The third kappa shape index (κ3) is 3.06. The molecule has 3 heteroatoms. The summed E-state index contributed by atoms with van der Waals surface area (Å²) >= 11 is 0. The van der Waals surface area contributed by atoms with E-state index in [4.69, 9.17) is 4.74 Å². The summed E-state index contributed by atoms with van der Waals surface area (Å²) in [6, 6.07) is 1.56. The molecule has 1 saturated carbocycles. The van der Waals surface area contributed by atoms with Crippen LogP contribution in [0, 0.1) is 5.92 Å². The van der Waals surface area contributed by atoms with Crippen LogP contribution in [0.3, 0.4) is 0 Å². The van der Waals surface area contributed by atoms with Crippen LogP contribution >= 0.6 is 0 Å². The Morgan fingerprint density at radius 1 is 1.17 bits per heavy atom. The van der Waals surface area contributed by atoms with Crippen molar-refractivity contribution in [3.05, 3.63) is 0 Å². The first kappa shape index (κ1) is 12.9. The zero-order chi connectivity index (χ0) is 12.4. The van der Waals surface area contributed by atoms with Gasteiger partial charge >= 0.3 is 0 Å². The second-order valence-corrected chi connectivity index (χ2v) is 6.53. The highest BCUT2D eigenvalue weighted by Crippen LogP contribution is 2.32. The van der Waals surface area contributed by atoms with E-state index in [9.17, 15) is 0 Å². The van der Waals surface area contributed by atoms with Crippen LogP contribution in [-0.2, 0) is 4.74 Å². The van der Waals surface area contributed by atoms with Gasteiger partial charge in [0.2, 0.25) is 0 Å². The van der Waals surface area contributed by atoms with Crippen molar-refractivity contribution in [3.63, 3.8) is 0 Å². The number of fused-ring (bicyclic) bond motifs is 1. The second-order valence-electron chi connectivity index (χ2n) is 6.53. The number of rotatable bonds is 2. The first-order valence-electron chi connectivity index (χ1n) is 7.91. The van der Waals surface area contributed by atoms with Crippen molar-refractivity contribution in [2.24, 2.45) is 5.92 Å². The second kappa shape index (κ2) is 5.89. The van der Waals surface area contributed by atoms with Gasteiger partial charge in [0, 0.05) is 31.7 Å². The maximum absolute atomic E-state index is 5.62. The van der Waals surface area contributed by atoms with Gasteiger partial charge in [-0.25, -0.2) is 0 Å². The molecule has 4 atom stereocenters. The van der Waals surface area contributed by atoms with E-state index in [1.54, 1.807) is 0 Å². The van der Waals surface area contributed by atoms with Crippen LogP contribution in [0.15, 0.2) is 0 Å². The summed E-state index contributed by atoms with van der Waals surface area (Å²) < 4.78 is 5.62. The fourth-order valence-corrected chi connectivity index (χ4v) is 4.09. The molecule has 3 aliphatic rings. The van der Waals surface area contributed by atoms with Gasteiger partial charge in [0.25, 0.3) is 0 Å². The fraction of sp³-hybridized carbons (Fsp3) is 1.00. The van der Waals surface area contributed by atoms with E-state index in [1.165, 1.54) is 45.1 Å². The lowest BCUT2D eigenvalue weighted by molar-refractivity contribution is -0.0237. The van der Waals surface area contributed by atoms with Crippen LogP contribution in [0.4, 0.5) is 0 Å². The molecule has 4 unspecified atom stereocenters. The van der Waals surface area contributed by atoms with Crippen LogP contribution in [0.2, 0.25) is 0 Å². The van der Waals surface area contributed by atoms with Crippen molar-refractivity contribution in [3.8, 4) is 0 Å². The summed E-state index contributed by atoms with van der Waals surface area (Å²) in [6.45, 7) is 6.58. The molecule has 0 amide bonds. The highest BCUT2D eigenvalue weighted by Gasteiger charge is 2.32. The average molecular weight is 252 g/mol. The Balaban J connectivity index is 1.48. The summed E-state index contributed by atoms with van der Waals surface area (Å²) in [6.07, 6.45) is 9.06. The first-order valence-corrected chi connectivity index (χ1v) is 7.91. The van der Waals surface area contributed by atoms with Crippen LogP contribution < -0.4 is 5.32 Å². The van der Waals surface area contributed by atoms with E-state index in [2.05, 4.69) is 17.1 Å². The van der Waals surface area contributed by atoms with Gasteiger partial charge in [-0.05, 0) is 38.5 Å². The highest BCUT2D eigenvalue weighted by atomic mass is 16.5. The maximum atomic E-state index is 5.62. The zero-order valence-corrected chi connectivity index (χ0v) is 11.7. The van der Waals surface area contributed by atoms with Gasteiger partial charge in [-0.3, -0.25) is 4.90 Å². The van der Waals surface area contributed by atoms with E-state index in [-0.39, 0.29) is 0 Å². The topological polar surface area (TPSA) is 24.5 Å². The molecule has 0 aromatic rings. The number of hydrogen-bond donors (Lipinski definition) is 1. The number of nitrogens with one attached hydrogen (secondary N) is 1. The van der Waals surface area contributed by atoms with Gasteiger partial charge in [0.15, 0.2) is 0 Å². The van der Waals surface area contributed by atoms with Crippen molar-refractivity contribution >= 4 is 0 Å². The predicted octanol–water partition coefficient (Wildman–Crippen LogP) is 2.02. The Hall–Kier alpha value is -0.120. The molecule has 2 saturated heterocycles. The molecule has 2 aliphatic heterocycles. The number of piperidine rings is 1. The van der Waals surface area contributed by atoms with Crippen LogP contribution in [0.25, 0.3) is 0 Å². The molecular formula is C15H28N2O. The smallest absolute Gasteiger partial charge is 0.0674 e. The molecule has 0 bridgehead atoms. The minimum Gasteiger partial charge on any atom is -0.376 e. The number of morpholine rings is 1. The third-order valence-corrected chi connectivity index (χ3v) is 5.05. The highest BCUT2D eigenvalue weighted by molar-refractivity contribution is 4.90. The SMILES string of the molecule is CC1CN(CC2CCC3CCCCC3N2)CCO1. The van der Waals surface area contributed by atoms with E-state index in [0.29, 0.717) is 6.10 Å². The molecule has 0 aromatic carbocycles. The van der Waals surface area contributed by atoms with E-state index >= 15 is 0 Å². The molecule has 1 N–H and O–H groups in total. The summed E-state index contributed by atoms with van der Waals surface area (Å²) in [5.41, 5.74) is 0. The molecule has 0 spiro atoms. The largest absolute Gasteiger partial charge is 0.376 e. The van der Waals surface area contributed by atoms with Gasteiger partial charge in [-0.15, -0.1) is 0 Å². The lowest BCUT2D eigenvalue weighted by Crippen LogP contribution is -2.54. The van der Waals surface area contributed by atoms with Crippen LogP contribution in [0.1, 0.15) is 45.4 Å². The molecule has 3 rings (SSSR count). The predicted molar refractivity (Wildman–Crippen MR) is 73.8 cm³/mol. The Bertz CT molecular complexity index is 271. The Kier molecular flexibility index (Phi) is 4.22. The van der Waals surface area contributed by atoms with Gasteiger partial charge in [0.05, 0.1) is 12.7 Å². The standard InChI is InChI=1S/C15H28N2O/c1-12-10-17(8-9-18-12)11-14-7-6-13-4-2-3-5-15(13)16-14/h12-16H,2-11H2,1H3. The maximum Gasteiger partial charge on any atom is 0.0674 e. The third-order valence-electron chi connectivity index (χ3n) is 5.05. The minimum absolute atomic E-state index is 0.421. The Morgan fingerprint density at radius 2 is 2.06 bits per heavy atom. The molecule has 3 nitrogen and oxygen atoms in total. The molecule has 104 valence electrons. The van der Waals surface area contributed by atoms with Crippen molar-refractivity contribution in [1.29, 1.82) is 0 Å². The lowest BCUT2D eigenvalue weighted by atomic mass is 9.77. The van der Waals surface area contributed by atoms with Crippen LogP contribution in [-0.4, -0.2) is 49.3 Å². The monoisotopic (exact) mass is 252 g/mol. The van der Waals surface area contributed by atoms with Gasteiger partial charge < -0.3 is 10.1 Å². The van der Waals surface area contributed by atoms with Gasteiger partial charge in [-0.2, -0.15) is 0 Å². The normalized spacial score (nSPS) is 42.5. The number of nitrogens with zero attached hydrogens (tertiary/aromatic N) is 1. The summed E-state index contributed by atoms with van der Waals surface area (Å²) in [5.74, 6) is 0.985. The van der Waals surface area contributed by atoms with E-state index in [1.807, 2.05) is 0 Å². The summed E-state index contributed by atoms with van der Waals surface area (Å²) in [7, 11) is 0. The van der Waals surface area contributed by atoms with E-state index < -0.39 is 0 Å². The Labute approximate surface area is 111 Å². The molecule has 1 aliphatic carbocycles. The van der Waals surface area contributed by atoms with Crippen molar-refractivity contribution in [1.82, 2.24) is 10.2 Å². The lowest BCUT2D eigenvalue weighted by Gasteiger charge is -2.42. The van der Waals surface area contributed by atoms with E-state index in [0.717, 1.165) is 37.7 Å². The fourth-order valence-electron chi connectivity index (χ4n) is 4.09. The van der Waals surface area contributed by atoms with Crippen molar-refractivity contribution in [2.75, 3.05) is 26.2 Å². The summed E-state index contributed by atoms with van der Waals surface area (Å²) in [5, 5.41) is 3.94. The number of ether oxygens (including phenoxy) is 1. The molecule has 18 heavy (non-hydrogen) atoms. The van der Waals surface area contributed by atoms with Crippen molar-refractivity contribution < 1.29 is 4.74 Å². The molecule has 0 radical (unpaired) electrons. The molecule has 2 heterocycles. The quantitative estimate of drug-likeness (QED) is 0.814. The van der Waals surface area contributed by atoms with Crippen molar-refractivity contribution in [2.45, 2.75) is 63.6 Å². The molecule has 3 fully saturated rings. The van der Waals surface area contributed by atoms with Crippen LogP contribution in [0.5, 0.6) is 0 Å². The molecule has 0 aromatic heterocycles. The minimum atomic E-state index is 0.421. The first-order chi connectivity index (χ1) is 8.81. The molecular weight excluding hydrogens is 224 g/mol. The van der Waals surface area contributed by atoms with Gasteiger partial charge in [-0.1, -0.05) is 12.8 Å².